The van der Waals surface area contributed by atoms with Crippen molar-refractivity contribution in [1.29, 1.82) is 0 Å². The molecule has 0 aliphatic carbocycles. The Balaban J connectivity index is 1.75. The number of ether oxygens (including phenoxy) is 3. The van der Waals surface area contributed by atoms with Gasteiger partial charge >= 0.3 is 5.97 Å². The highest BCUT2D eigenvalue weighted by Gasteiger charge is 2.36. The number of hydrogen-bond acceptors (Lipinski definition) is 5. The Bertz CT molecular complexity index is 378. The van der Waals surface area contributed by atoms with E-state index in [0.717, 1.165) is 23.3 Å². The molecular formula is C24H46O4S. The van der Waals surface area contributed by atoms with Gasteiger partial charge in [-0.15, -0.1) is 0 Å². The fourth-order valence-corrected chi connectivity index (χ4v) is 4.84. The third-order valence-electron chi connectivity index (χ3n) is 5.47. The van der Waals surface area contributed by atoms with Crippen LogP contribution < -0.4 is 0 Å². The summed E-state index contributed by atoms with van der Waals surface area (Å²) in [6.45, 7) is 6.92. The number of carbonyl (C=O) groups is 1. The van der Waals surface area contributed by atoms with Gasteiger partial charge in [-0.25, -0.2) is 0 Å². The van der Waals surface area contributed by atoms with Gasteiger partial charge in [-0.05, 0) is 26.2 Å². The molecule has 0 amide bonds. The Labute approximate surface area is 184 Å². The van der Waals surface area contributed by atoms with Crippen molar-refractivity contribution in [2.75, 3.05) is 33.0 Å². The van der Waals surface area contributed by atoms with Crippen molar-refractivity contribution in [1.82, 2.24) is 0 Å². The van der Waals surface area contributed by atoms with Crippen LogP contribution >= 0.6 is 11.8 Å². The quantitative estimate of drug-likeness (QED) is 0.111. The summed E-state index contributed by atoms with van der Waals surface area (Å²) in [7, 11) is 0. The summed E-state index contributed by atoms with van der Waals surface area (Å²) in [5.41, 5.74) is 0. The summed E-state index contributed by atoms with van der Waals surface area (Å²) in [5.74, 6) is -0.0923. The van der Waals surface area contributed by atoms with Crippen LogP contribution in [0.25, 0.3) is 0 Å². The maximum absolute atomic E-state index is 11.7. The van der Waals surface area contributed by atoms with Gasteiger partial charge in [0.15, 0.2) is 0 Å². The minimum Gasteiger partial charge on any atom is -0.463 e. The van der Waals surface area contributed by atoms with Crippen LogP contribution in [0.4, 0.5) is 0 Å². The fourth-order valence-electron chi connectivity index (χ4n) is 3.61. The molecule has 0 bridgehead atoms. The molecule has 0 unspecified atom stereocenters. The summed E-state index contributed by atoms with van der Waals surface area (Å²) in [5, 5.41) is 1.93. The highest BCUT2D eigenvalue weighted by Crippen LogP contribution is 2.47. The van der Waals surface area contributed by atoms with Crippen LogP contribution in [0.1, 0.15) is 104 Å². The van der Waals surface area contributed by atoms with Crippen LogP contribution in [-0.2, 0) is 19.0 Å². The number of thioether (sulfide) groups is 1. The van der Waals surface area contributed by atoms with Crippen LogP contribution in [0.2, 0.25) is 0 Å². The third-order valence-corrected chi connectivity index (χ3v) is 6.98. The van der Waals surface area contributed by atoms with Crippen molar-refractivity contribution < 1.29 is 19.0 Å². The van der Waals surface area contributed by atoms with E-state index >= 15 is 0 Å². The molecular weight excluding hydrogens is 384 g/mol. The number of carbonyl (C=O) groups excluding carboxylic acids is 1. The standard InChI is InChI=1S/C24H46O4S/c1-3-5-6-7-9-12-15-22-23(29-22)16-13-10-8-11-14-17-24(25)28-21-20-27-19-18-26-4-2/h22-23H,3-21H2,1-2H3/t22-,23-/m0/s1. The second-order valence-corrected chi connectivity index (χ2v) is 9.59. The lowest BCUT2D eigenvalue weighted by Gasteiger charge is -2.06. The average Bonchev–Trinajstić information content (AvgIpc) is 3.47. The second kappa shape index (κ2) is 19.7. The van der Waals surface area contributed by atoms with Crippen molar-refractivity contribution in [3.05, 3.63) is 0 Å². The molecule has 1 saturated heterocycles. The van der Waals surface area contributed by atoms with Crippen molar-refractivity contribution in [2.45, 2.75) is 114 Å². The van der Waals surface area contributed by atoms with Gasteiger partial charge in [-0.3, -0.25) is 4.79 Å². The molecule has 1 rings (SSSR count). The normalized spacial score (nSPS) is 18.1. The van der Waals surface area contributed by atoms with Crippen molar-refractivity contribution in [3.8, 4) is 0 Å². The largest absolute Gasteiger partial charge is 0.463 e. The molecule has 1 fully saturated rings. The van der Waals surface area contributed by atoms with Gasteiger partial charge in [0.25, 0.3) is 0 Å². The van der Waals surface area contributed by atoms with Gasteiger partial charge in [0.1, 0.15) is 6.61 Å². The molecule has 0 aromatic heterocycles. The molecule has 4 nitrogen and oxygen atoms in total. The summed E-state index contributed by atoms with van der Waals surface area (Å²) < 4.78 is 15.7. The number of esters is 1. The lowest BCUT2D eigenvalue weighted by Crippen LogP contribution is -2.12. The van der Waals surface area contributed by atoms with E-state index in [2.05, 4.69) is 18.7 Å². The third kappa shape index (κ3) is 17.1. The molecule has 1 aliphatic heterocycles. The molecule has 1 aliphatic rings. The Morgan fingerprint density at radius 1 is 0.690 bits per heavy atom. The summed E-state index contributed by atoms with van der Waals surface area (Å²) in [4.78, 5) is 11.7. The van der Waals surface area contributed by atoms with Crippen molar-refractivity contribution in [3.63, 3.8) is 0 Å². The topological polar surface area (TPSA) is 44.8 Å². The van der Waals surface area contributed by atoms with E-state index in [1.807, 2.05) is 6.92 Å². The summed E-state index contributed by atoms with van der Waals surface area (Å²) in [6, 6.07) is 0. The van der Waals surface area contributed by atoms with E-state index in [9.17, 15) is 4.79 Å². The van der Waals surface area contributed by atoms with Crippen LogP contribution in [0.3, 0.4) is 0 Å². The van der Waals surface area contributed by atoms with E-state index < -0.39 is 0 Å². The minimum atomic E-state index is -0.0923. The number of rotatable bonds is 22. The average molecular weight is 431 g/mol. The monoisotopic (exact) mass is 430 g/mol. The lowest BCUT2D eigenvalue weighted by atomic mass is 10.0. The van der Waals surface area contributed by atoms with Crippen LogP contribution in [0, 0.1) is 0 Å². The first-order valence-electron chi connectivity index (χ1n) is 12.2. The molecule has 1 heterocycles. The minimum absolute atomic E-state index is 0.0923. The molecule has 2 atom stereocenters. The molecule has 0 spiro atoms. The first-order valence-corrected chi connectivity index (χ1v) is 13.2. The van der Waals surface area contributed by atoms with Crippen LogP contribution in [0.15, 0.2) is 0 Å². The predicted octanol–water partition coefficient (Wildman–Crippen LogP) is 6.55. The Hall–Kier alpha value is -0.260. The maximum atomic E-state index is 11.7. The van der Waals surface area contributed by atoms with E-state index in [4.69, 9.17) is 14.2 Å². The van der Waals surface area contributed by atoms with Crippen LogP contribution in [0.5, 0.6) is 0 Å². The summed E-state index contributed by atoms with van der Waals surface area (Å²) in [6.07, 6.45) is 17.9. The van der Waals surface area contributed by atoms with Crippen LogP contribution in [-0.4, -0.2) is 49.5 Å². The molecule has 0 saturated carbocycles. The zero-order valence-corrected chi connectivity index (χ0v) is 19.9. The molecule has 0 aromatic carbocycles. The Morgan fingerprint density at radius 2 is 1.24 bits per heavy atom. The van der Waals surface area contributed by atoms with E-state index in [0.29, 0.717) is 39.5 Å². The number of hydrogen-bond donors (Lipinski definition) is 0. The van der Waals surface area contributed by atoms with Crippen molar-refractivity contribution in [2.24, 2.45) is 0 Å². The van der Waals surface area contributed by atoms with E-state index in [1.54, 1.807) is 0 Å². The smallest absolute Gasteiger partial charge is 0.305 e. The van der Waals surface area contributed by atoms with E-state index in [-0.39, 0.29) is 5.97 Å². The van der Waals surface area contributed by atoms with E-state index in [1.165, 1.54) is 70.6 Å². The fraction of sp³-hybridized carbons (Fsp3) is 0.958. The van der Waals surface area contributed by atoms with Gasteiger partial charge in [-0.2, -0.15) is 11.8 Å². The van der Waals surface area contributed by atoms with Gasteiger partial charge in [-0.1, -0.05) is 71.1 Å². The zero-order valence-electron chi connectivity index (χ0n) is 19.1. The molecule has 0 aromatic rings. The van der Waals surface area contributed by atoms with Gasteiger partial charge in [0.05, 0.1) is 19.8 Å². The van der Waals surface area contributed by atoms with Gasteiger partial charge < -0.3 is 14.2 Å². The first-order chi connectivity index (χ1) is 14.3. The lowest BCUT2D eigenvalue weighted by molar-refractivity contribution is -0.145. The Morgan fingerprint density at radius 3 is 1.90 bits per heavy atom. The maximum Gasteiger partial charge on any atom is 0.305 e. The van der Waals surface area contributed by atoms with Gasteiger partial charge in [0.2, 0.25) is 0 Å². The first kappa shape index (κ1) is 26.8. The second-order valence-electron chi connectivity index (χ2n) is 8.11. The highest BCUT2D eigenvalue weighted by atomic mass is 32.2. The zero-order chi connectivity index (χ0) is 21.0. The molecule has 29 heavy (non-hydrogen) atoms. The Kier molecular flexibility index (Phi) is 18.2. The SMILES string of the molecule is CCCCCCCC[C@@H]1S[C@H]1CCCCCCCC(=O)OCCOCCOCC. The highest BCUT2D eigenvalue weighted by molar-refractivity contribution is 8.07. The molecule has 172 valence electrons. The molecule has 5 heteroatoms. The van der Waals surface area contributed by atoms with Crippen molar-refractivity contribution >= 4 is 17.7 Å². The molecule has 0 radical (unpaired) electrons. The molecule has 0 N–H and O–H groups in total. The predicted molar refractivity (Wildman–Crippen MR) is 124 cm³/mol. The summed E-state index contributed by atoms with van der Waals surface area (Å²) >= 11 is 2.21. The van der Waals surface area contributed by atoms with Gasteiger partial charge in [0, 0.05) is 23.5 Å². The number of unbranched alkanes of at least 4 members (excludes halogenated alkanes) is 9.